The van der Waals surface area contributed by atoms with E-state index in [1.165, 1.54) is 32.1 Å². The molecule has 1 saturated heterocycles. The van der Waals surface area contributed by atoms with E-state index in [1.54, 1.807) is 0 Å². The van der Waals surface area contributed by atoms with E-state index in [4.69, 9.17) is 4.74 Å². The van der Waals surface area contributed by atoms with Crippen molar-refractivity contribution in [1.82, 2.24) is 0 Å². The van der Waals surface area contributed by atoms with Gasteiger partial charge in [0.15, 0.2) is 0 Å². The van der Waals surface area contributed by atoms with Gasteiger partial charge in [0.2, 0.25) is 0 Å². The van der Waals surface area contributed by atoms with Gasteiger partial charge in [-0.15, -0.1) is 0 Å². The fraction of sp³-hybridized carbons (Fsp3) is 0.880. The Morgan fingerprint density at radius 3 is 2.46 bits per heavy atom. The van der Waals surface area contributed by atoms with Gasteiger partial charge in [0, 0.05) is 16.9 Å². The first-order valence-electron chi connectivity index (χ1n) is 11.6. The van der Waals surface area contributed by atoms with E-state index in [0.717, 1.165) is 24.3 Å². The molecule has 0 amide bonds. The summed E-state index contributed by atoms with van der Waals surface area (Å²) in [5, 5.41) is 11.6. The van der Waals surface area contributed by atoms with Crippen molar-refractivity contribution in [2.24, 2.45) is 45.3 Å². The molecule has 0 spiro atoms. The first-order chi connectivity index (χ1) is 13.0. The summed E-state index contributed by atoms with van der Waals surface area (Å²) in [7, 11) is 0. The largest absolute Gasteiger partial charge is 0.462 e. The lowest BCUT2D eigenvalue weighted by molar-refractivity contribution is -0.233. The number of ether oxygens (including phenoxy) is 1. The molecule has 4 fully saturated rings. The molecule has 0 aromatic heterocycles. The van der Waals surface area contributed by atoms with Crippen molar-refractivity contribution in [2.75, 3.05) is 6.61 Å². The number of allylic oxidation sites excluding steroid dienone is 1. The minimum atomic E-state index is -0.348. The molecule has 0 unspecified atom stereocenters. The number of esters is 1. The number of rotatable bonds is 0. The summed E-state index contributed by atoms with van der Waals surface area (Å²) in [6.07, 6.45) is 10.2. The highest BCUT2D eigenvalue weighted by Crippen LogP contribution is 2.73. The maximum Gasteiger partial charge on any atom is 0.334 e. The van der Waals surface area contributed by atoms with E-state index in [0.29, 0.717) is 29.3 Å². The van der Waals surface area contributed by atoms with E-state index < -0.39 is 0 Å². The van der Waals surface area contributed by atoms with E-state index >= 15 is 0 Å². The van der Waals surface area contributed by atoms with Gasteiger partial charge >= 0.3 is 5.97 Å². The standard InChI is InChI=1S/C25H38O3/c1-22(2)10-6-11-23(3)17(22)9-12-24(4)18-8-7-15-16(14-28-21(15)27)25(18,5)20(26)13-19(23)24/h7,16-20,26H,6,8-14H2,1-5H3/t16-,17-,18-,19+,20+,23-,24-,25+/m0/s1. The summed E-state index contributed by atoms with van der Waals surface area (Å²) in [6.45, 7) is 12.8. The molecule has 0 aromatic carbocycles. The highest BCUT2D eigenvalue weighted by molar-refractivity contribution is 5.91. The number of carbonyl (C=O) groups excluding carboxylic acids is 1. The Morgan fingerprint density at radius 1 is 1.00 bits per heavy atom. The fourth-order valence-electron chi connectivity index (χ4n) is 9.52. The van der Waals surface area contributed by atoms with E-state index in [1.807, 2.05) is 0 Å². The number of fused-ring (bicyclic) bond motifs is 7. The minimum Gasteiger partial charge on any atom is -0.462 e. The van der Waals surface area contributed by atoms with Crippen LogP contribution >= 0.6 is 0 Å². The maximum absolute atomic E-state index is 12.2. The third-order valence-electron chi connectivity index (χ3n) is 10.9. The Hall–Kier alpha value is -0.830. The lowest BCUT2D eigenvalue weighted by Gasteiger charge is -2.70. The van der Waals surface area contributed by atoms with Crippen molar-refractivity contribution in [2.45, 2.75) is 85.7 Å². The average Bonchev–Trinajstić information content (AvgIpc) is 2.99. The number of aliphatic hydroxyl groups is 1. The van der Waals surface area contributed by atoms with Crippen LogP contribution in [0, 0.1) is 45.3 Å². The van der Waals surface area contributed by atoms with Crippen molar-refractivity contribution in [3.63, 3.8) is 0 Å². The highest BCUT2D eigenvalue weighted by atomic mass is 16.5. The van der Waals surface area contributed by atoms with Crippen LogP contribution in [-0.2, 0) is 9.53 Å². The van der Waals surface area contributed by atoms with Gasteiger partial charge < -0.3 is 9.84 Å². The molecule has 0 aromatic rings. The average molecular weight is 387 g/mol. The molecule has 1 N–H and O–H groups in total. The van der Waals surface area contributed by atoms with E-state index in [9.17, 15) is 9.90 Å². The van der Waals surface area contributed by atoms with Gasteiger partial charge in [-0.2, -0.15) is 0 Å². The van der Waals surface area contributed by atoms with Gasteiger partial charge in [-0.1, -0.05) is 47.1 Å². The smallest absolute Gasteiger partial charge is 0.334 e. The van der Waals surface area contributed by atoms with Crippen molar-refractivity contribution in [3.05, 3.63) is 11.6 Å². The van der Waals surface area contributed by atoms with Crippen LogP contribution in [0.2, 0.25) is 0 Å². The molecule has 156 valence electrons. The second kappa shape index (κ2) is 5.65. The first-order valence-corrected chi connectivity index (χ1v) is 11.6. The van der Waals surface area contributed by atoms with E-state index in [2.05, 4.69) is 40.7 Å². The molecule has 8 atom stereocenters. The van der Waals surface area contributed by atoms with Crippen LogP contribution in [0.25, 0.3) is 0 Å². The predicted octanol–water partition coefficient (Wildman–Crippen LogP) is 5.13. The number of aliphatic hydroxyl groups excluding tert-OH is 1. The number of carbonyl (C=O) groups is 1. The van der Waals surface area contributed by atoms with Crippen LogP contribution in [0.5, 0.6) is 0 Å². The summed E-state index contributed by atoms with van der Waals surface area (Å²) in [5.74, 6) is 1.68. The first kappa shape index (κ1) is 19.2. The lowest BCUT2D eigenvalue weighted by atomic mass is 9.35. The zero-order chi connectivity index (χ0) is 20.1. The quantitative estimate of drug-likeness (QED) is 0.587. The molecule has 0 bridgehead atoms. The molecule has 4 aliphatic carbocycles. The third-order valence-corrected chi connectivity index (χ3v) is 10.9. The monoisotopic (exact) mass is 386 g/mol. The van der Waals surface area contributed by atoms with Gasteiger partial charge in [-0.25, -0.2) is 4.79 Å². The zero-order valence-electron chi connectivity index (χ0n) is 18.4. The summed E-state index contributed by atoms with van der Waals surface area (Å²) in [4.78, 5) is 12.2. The molecule has 5 aliphatic rings. The molecular formula is C25H38O3. The fourth-order valence-corrected chi connectivity index (χ4v) is 9.52. The number of hydrogen-bond acceptors (Lipinski definition) is 3. The SMILES string of the molecule is CC1(C)CCC[C@]2(C)[C@H]3C[C@@H](O)[C@]4(C)[C@H]5COC(=O)C5=CC[C@H]4[C@]3(C)CC[C@@H]12. The molecule has 1 heterocycles. The van der Waals surface area contributed by atoms with Crippen LogP contribution in [0.15, 0.2) is 11.6 Å². The topological polar surface area (TPSA) is 46.5 Å². The summed E-state index contributed by atoms with van der Waals surface area (Å²) < 4.78 is 5.45. The van der Waals surface area contributed by atoms with Crippen LogP contribution in [0.4, 0.5) is 0 Å². The second-order valence-electron chi connectivity index (χ2n) is 12.2. The molecule has 5 rings (SSSR count). The Labute approximate surface area is 170 Å². The van der Waals surface area contributed by atoms with Crippen LogP contribution in [0.1, 0.15) is 79.6 Å². The zero-order valence-corrected chi connectivity index (χ0v) is 18.4. The lowest BCUT2D eigenvalue weighted by Crippen LogP contribution is -2.66. The Morgan fingerprint density at radius 2 is 1.71 bits per heavy atom. The van der Waals surface area contributed by atoms with Gasteiger partial charge in [0.25, 0.3) is 0 Å². The number of hydrogen-bond donors (Lipinski definition) is 1. The molecule has 3 nitrogen and oxygen atoms in total. The molecule has 28 heavy (non-hydrogen) atoms. The van der Waals surface area contributed by atoms with Crippen LogP contribution < -0.4 is 0 Å². The molecule has 3 heteroatoms. The Balaban J connectivity index is 1.59. The highest BCUT2D eigenvalue weighted by Gasteiger charge is 2.68. The normalized spacial score (nSPS) is 54.6. The predicted molar refractivity (Wildman–Crippen MR) is 109 cm³/mol. The van der Waals surface area contributed by atoms with Gasteiger partial charge in [0.1, 0.15) is 0 Å². The van der Waals surface area contributed by atoms with Crippen molar-refractivity contribution >= 4 is 5.97 Å². The summed E-state index contributed by atoms with van der Waals surface area (Å²) >= 11 is 0. The van der Waals surface area contributed by atoms with E-state index in [-0.39, 0.29) is 28.8 Å². The maximum atomic E-state index is 12.2. The number of cyclic esters (lactones) is 1. The summed E-state index contributed by atoms with van der Waals surface area (Å²) in [5.41, 5.74) is 1.57. The van der Waals surface area contributed by atoms with Gasteiger partial charge in [0.05, 0.1) is 12.7 Å². The third kappa shape index (κ3) is 2.13. The Bertz CT molecular complexity index is 738. The molecule has 3 saturated carbocycles. The Kier molecular flexibility index (Phi) is 3.86. The molecule has 0 radical (unpaired) electrons. The molecule has 1 aliphatic heterocycles. The van der Waals surface area contributed by atoms with Crippen molar-refractivity contribution in [3.8, 4) is 0 Å². The summed E-state index contributed by atoms with van der Waals surface area (Å²) in [6, 6.07) is 0. The molecular weight excluding hydrogens is 348 g/mol. The van der Waals surface area contributed by atoms with Gasteiger partial charge in [-0.3, -0.25) is 0 Å². The van der Waals surface area contributed by atoms with Crippen LogP contribution in [-0.4, -0.2) is 23.8 Å². The van der Waals surface area contributed by atoms with Crippen molar-refractivity contribution in [1.29, 1.82) is 0 Å². The van der Waals surface area contributed by atoms with Gasteiger partial charge in [-0.05, 0) is 72.5 Å². The van der Waals surface area contributed by atoms with Crippen LogP contribution in [0.3, 0.4) is 0 Å². The minimum absolute atomic E-state index is 0.0693. The van der Waals surface area contributed by atoms with Crippen molar-refractivity contribution < 1.29 is 14.6 Å². The second-order valence-corrected chi connectivity index (χ2v) is 12.2.